The molecule has 0 unspecified atom stereocenters. The van der Waals surface area contributed by atoms with Crippen molar-refractivity contribution in [1.82, 2.24) is 4.90 Å². The normalized spacial score (nSPS) is 10.8. The van der Waals surface area contributed by atoms with Crippen molar-refractivity contribution >= 4 is 17.5 Å². The number of unbranched alkanes of at least 4 members (excludes halogenated alkanes) is 1. The molecule has 24 heavy (non-hydrogen) atoms. The SMILES string of the molecule is CCCCN(C)C(=O)CCN(C(C)=O)c1c(C)cccc1C(C)C. The molecule has 0 aromatic heterocycles. The number of amides is 2. The lowest BCUT2D eigenvalue weighted by molar-refractivity contribution is -0.129. The van der Waals surface area contributed by atoms with Crippen molar-refractivity contribution < 1.29 is 9.59 Å². The van der Waals surface area contributed by atoms with Gasteiger partial charge in [0.05, 0.1) is 0 Å². The smallest absolute Gasteiger partial charge is 0.224 e. The molecule has 0 aliphatic heterocycles. The maximum atomic E-state index is 12.3. The van der Waals surface area contributed by atoms with Crippen LogP contribution in [-0.4, -0.2) is 36.9 Å². The van der Waals surface area contributed by atoms with Crippen LogP contribution in [0.4, 0.5) is 5.69 Å². The van der Waals surface area contributed by atoms with Gasteiger partial charge < -0.3 is 9.80 Å². The van der Waals surface area contributed by atoms with E-state index >= 15 is 0 Å². The summed E-state index contributed by atoms with van der Waals surface area (Å²) in [5, 5.41) is 0. The summed E-state index contributed by atoms with van der Waals surface area (Å²) in [5.74, 6) is 0.397. The van der Waals surface area contributed by atoms with Crippen LogP contribution in [0.5, 0.6) is 0 Å². The van der Waals surface area contributed by atoms with Gasteiger partial charge in [0.1, 0.15) is 0 Å². The van der Waals surface area contributed by atoms with Crippen molar-refractivity contribution in [2.45, 2.75) is 59.8 Å². The van der Waals surface area contributed by atoms with Gasteiger partial charge in [-0.15, -0.1) is 0 Å². The molecular formula is C20H32N2O2. The summed E-state index contributed by atoms with van der Waals surface area (Å²) in [7, 11) is 1.84. The van der Waals surface area contributed by atoms with Crippen LogP contribution in [0.3, 0.4) is 0 Å². The Morgan fingerprint density at radius 3 is 2.38 bits per heavy atom. The minimum Gasteiger partial charge on any atom is -0.346 e. The average Bonchev–Trinajstić information content (AvgIpc) is 2.53. The van der Waals surface area contributed by atoms with E-state index in [-0.39, 0.29) is 11.8 Å². The van der Waals surface area contributed by atoms with Gasteiger partial charge in [-0.05, 0) is 30.4 Å². The van der Waals surface area contributed by atoms with E-state index in [4.69, 9.17) is 0 Å². The molecule has 4 nitrogen and oxygen atoms in total. The number of nitrogens with zero attached hydrogens (tertiary/aromatic N) is 2. The Kier molecular flexibility index (Phi) is 7.96. The van der Waals surface area contributed by atoms with Gasteiger partial charge in [-0.3, -0.25) is 9.59 Å². The molecule has 0 atom stereocenters. The van der Waals surface area contributed by atoms with E-state index in [1.807, 2.05) is 26.1 Å². The van der Waals surface area contributed by atoms with Gasteiger partial charge >= 0.3 is 0 Å². The van der Waals surface area contributed by atoms with Crippen molar-refractivity contribution in [1.29, 1.82) is 0 Å². The minimum atomic E-state index is -0.0183. The van der Waals surface area contributed by atoms with Crippen LogP contribution in [0, 0.1) is 6.92 Å². The van der Waals surface area contributed by atoms with Crippen LogP contribution in [0.25, 0.3) is 0 Å². The van der Waals surface area contributed by atoms with Gasteiger partial charge in [-0.25, -0.2) is 0 Å². The Morgan fingerprint density at radius 2 is 1.83 bits per heavy atom. The van der Waals surface area contributed by atoms with Crippen molar-refractivity contribution in [2.24, 2.45) is 0 Å². The minimum absolute atomic E-state index is 0.0183. The molecule has 0 bridgehead atoms. The van der Waals surface area contributed by atoms with Gasteiger partial charge in [0.2, 0.25) is 11.8 Å². The fourth-order valence-corrected chi connectivity index (χ4v) is 2.86. The first-order chi connectivity index (χ1) is 11.3. The van der Waals surface area contributed by atoms with E-state index in [9.17, 15) is 9.59 Å². The molecule has 134 valence electrons. The number of hydrogen-bond donors (Lipinski definition) is 0. The number of rotatable bonds is 8. The first-order valence-electron chi connectivity index (χ1n) is 8.91. The summed E-state index contributed by atoms with van der Waals surface area (Å²) in [6.07, 6.45) is 2.43. The molecule has 0 heterocycles. The fourth-order valence-electron chi connectivity index (χ4n) is 2.86. The fraction of sp³-hybridized carbons (Fsp3) is 0.600. The molecule has 0 saturated carbocycles. The Balaban J connectivity index is 2.94. The number of aryl methyl sites for hydroxylation is 1. The van der Waals surface area contributed by atoms with Crippen molar-refractivity contribution in [3.63, 3.8) is 0 Å². The van der Waals surface area contributed by atoms with Crippen molar-refractivity contribution in [3.8, 4) is 0 Å². The highest BCUT2D eigenvalue weighted by atomic mass is 16.2. The number of para-hydroxylation sites is 1. The lowest BCUT2D eigenvalue weighted by atomic mass is 9.97. The zero-order valence-corrected chi connectivity index (χ0v) is 16.1. The van der Waals surface area contributed by atoms with Gasteiger partial charge in [-0.1, -0.05) is 45.4 Å². The third-order valence-corrected chi connectivity index (χ3v) is 4.36. The van der Waals surface area contributed by atoms with Gasteiger partial charge in [0, 0.05) is 39.2 Å². The quantitative estimate of drug-likeness (QED) is 0.718. The first-order valence-corrected chi connectivity index (χ1v) is 8.91. The molecule has 2 amide bonds. The molecule has 0 radical (unpaired) electrons. The molecule has 1 rings (SSSR count). The predicted octanol–water partition coefficient (Wildman–Crippen LogP) is 4.12. The second-order valence-corrected chi connectivity index (χ2v) is 6.76. The first kappa shape index (κ1) is 20.2. The number of anilines is 1. The zero-order valence-electron chi connectivity index (χ0n) is 16.1. The van der Waals surface area contributed by atoms with Crippen LogP contribution < -0.4 is 4.90 Å². The number of carbonyl (C=O) groups is 2. The predicted molar refractivity (Wildman–Crippen MR) is 100 cm³/mol. The Morgan fingerprint density at radius 1 is 1.17 bits per heavy atom. The largest absolute Gasteiger partial charge is 0.346 e. The molecule has 0 fully saturated rings. The van der Waals surface area contributed by atoms with E-state index < -0.39 is 0 Å². The third kappa shape index (κ3) is 5.36. The van der Waals surface area contributed by atoms with E-state index in [1.165, 1.54) is 0 Å². The second-order valence-electron chi connectivity index (χ2n) is 6.76. The maximum Gasteiger partial charge on any atom is 0.224 e. The van der Waals surface area contributed by atoms with Gasteiger partial charge in [0.25, 0.3) is 0 Å². The molecular weight excluding hydrogens is 300 g/mol. The van der Waals surface area contributed by atoms with Crippen LogP contribution >= 0.6 is 0 Å². The summed E-state index contributed by atoms with van der Waals surface area (Å²) >= 11 is 0. The van der Waals surface area contributed by atoms with Crippen molar-refractivity contribution in [3.05, 3.63) is 29.3 Å². The summed E-state index contributed by atoms with van der Waals surface area (Å²) < 4.78 is 0. The lowest BCUT2D eigenvalue weighted by Crippen LogP contribution is -2.36. The highest BCUT2D eigenvalue weighted by Crippen LogP contribution is 2.31. The molecule has 0 aliphatic carbocycles. The van der Waals surface area contributed by atoms with E-state index in [1.54, 1.807) is 16.7 Å². The Bertz CT molecular complexity index is 567. The monoisotopic (exact) mass is 332 g/mol. The highest BCUT2D eigenvalue weighted by Gasteiger charge is 2.20. The standard InChI is InChI=1S/C20H32N2O2/c1-7-8-13-21(6)19(24)12-14-22(17(5)23)20-16(4)10-9-11-18(20)15(2)3/h9-11,15H,7-8,12-14H2,1-6H3. The maximum absolute atomic E-state index is 12.3. The van der Waals surface area contributed by atoms with E-state index in [0.717, 1.165) is 36.2 Å². The number of benzene rings is 1. The van der Waals surface area contributed by atoms with Crippen LogP contribution in [0.1, 0.15) is 64.0 Å². The van der Waals surface area contributed by atoms with Gasteiger partial charge in [-0.2, -0.15) is 0 Å². The van der Waals surface area contributed by atoms with Crippen LogP contribution in [0.2, 0.25) is 0 Å². The molecule has 1 aromatic rings. The summed E-state index contributed by atoms with van der Waals surface area (Å²) in [4.78, 5) is 28.1. The lowest BCUT2D eigenvalue weighted by Gasteiger charge is -2.28. The van der Waals surface area contributed by atoms with E-state index in [0.29, 0.717) is 18.9 Å². The number of carbonyl (C=O) groups excluding carboxylic acids is 2. The second kappa shape index (κ2) is 9.45. The van der Waals surface area contributed by atoms with Crippen LogP contribution in [0.15, 0.2) is 18.2 Å². The topological polar surface area (TPSA) is 40.6 Å². The summed E-state index contributed by atoms with van der Waals surface area (Å²) in [6.45, 7) is 11.2. The Labute approximate surface area is 146 Å². The average molecular weight is 332 g/mol. The number of hydrogen-bond acceptors (Lipinski definition) is 2. The van der Waals surface area contributed by atoms with Gasteiger partial charge in [0.15, 0.2) is 0 Å². The molecule has 0 aliphatic rings. The Hall–Kier alpha value is -1.84. The zero-order chi connectivity index (χ0) is 18.3. The van der Waals surface area contributed by atoms with E-state index in [2.05, 4.69) is 26.8 Å². The van der Waals surface area contributed by atoms with Crippen LogP contribution in [-0.2, 0) is 9.59 Å². The third-order valence-electron chi connectivity index (χ3n) is 4.36. The molecule has 4 heteroatoms. The molecule has 0 saturated heterocycles. The van der Waals surface area contributed by atoms with Crippen molar-refractivity contribution in [2.75, 3.05) is 25.0 Å². The highest BCUT2D eigenvalue weighted by molar-refractivity contribution is 5.94. The summed E-state index contributed by atoms with van der Waals surface area (Å²) in [5.41, 5.74) is 3.18. The molecule has 0 N–H and O–H groups in total. The molecule has 0 spiro atoms. The molecule has 1 aromatic carbocycles. The summed E-state index contributed by atoms with van der Waals surface area (Å²) in [6, 6.07) is 6.11.